The Bertz CT molecular complexity index is 1170. The van der Waals surface area contributed by atoms with Crippen molar-refractivity contribution in [2.24, 2.45) is 56.2 Å². The maximum absolute atomic E-state index is 13.0. The monoisotopic (exact) mass is 530 g/mol. The fraction of sp³-hybridized carbons (Fsp3) is 0.757. The van der Waals surface area contributed by atoms with Crippen LogP contribution in [0.2, 0.25) is 0 Å². The standard InChI is InChI=1S/C37H54O2/c1-25-27(39-31(38)26-12-10-9-11-13-26)14-15-28-34(25,5)17-16-29-35(28,6)21-23-37(8)30-24-32(2,3)18-19-33(30,4)20-22-36(29,37)7/h9-14,25,28-30H,15-24H2,1-8H3/t25-,28-,29+,30-,33+,34+,35+,36+,37-/m0/s1. The van der Waals surface area contributed by atoms with Gasteiger partial charge in [0.1, 0.15) is 5.76 Å². The second kappa shape index (κ2) is 8.72. The average Bonchev–Trinajstić information content (AvgIpc) is 2.89. The van der Waals surface area contributed by atoms with Gasteiger partial charge in [0.2, 0.25) is 0 Å². The van der Waals surface area contributed by atoms with Crippen molar-refractivity contribution in [1.82, 2.24) is 0 Å². The van der Waals surface area contributed by atoms with Crippen molar-refractivity contribution in [3.8, 4) is 0 Å². The molecule has 1 aromatic rings. The number of rotatable bonds is 2. The molecule has 0 saturated heterocycles. The van der Waals surface area contributed by atoms with E-state index in [0.29, 0.717) is 38.6 Å². The largest absolute Gasteiger partial charge is 0.428 e. The third kappa shape index (κ3) is 3.81. The number of carbonyl (C=O) groups excluding carboxylic acids is 1. The van der Waals surface area contributed by atoms with Crippen molar-refractivity contribution in [3.63, 3.8) is 0 Å². The maximum Gasteiger partial charge on any atom is 0.343 e. The van der Waals surface area contributed by atoms with Gasteiger partial charge in [-0.2, -0.15) is 0 Å². The summed E-state index contributed by atoms with van der Waals surface area (Å²) in [5.74, 6) is 3.24. The van der Waals surface area contributed by atoms with Gasteiger partial charge in [-0.3, -0.25) is 0 Å². The molecule has 2 heteroatoms. The Kier molecular flexibility index (Phi) is 6.17. The van der Waals surface area contributed by atoms with Crippen LogP contribution in [0.1, 0.15) is 130 Å². The molecular formula is C37H54O2. The van der Waals surface area contributed by atoms with Crippen LogP contribution in [0, 0.1) is 56.2 Å². The molecule has 0 aromatic heterocycles. The Morgan fingerprint density at radius 1 is 0.744 bits per heavy atom. The van der Waals surface area contributed by atoms with E-state index in [0.717, 1.165) is 24.0 Å². The third-order valence-corrected chi connectivity index (χ3v) is 14.8. The number of ether oxygens (including phenoxy) is 1. The van der Waals surface area contributed by atoms with Gasteiger partial charge >= 0.3 is 5.97 Å². The highest BCUT2D eigenvalue weighted by Crippen LogP contribution is 2.78. The van der Waals surface area contributed by atoms with Gasteiger partial charge in [-0.15, -0.1) is 0 Å². The topological polar surface area (TPSA) is 26.3 Å². The molecule has 4 fully saturated rings. The van der Waals surface area contributed by atoms with Gasteiger partial charge in [0, 0.05) is 5.92 Å². The molecule has 214 valence electrons. The molecule has 5 aliphatic carbocycles. The molecule has 39 heavy (non-hydrogen) atoms. The van der Waals surface area contributed by atoms with Crippen LogP contribution in [-0.2, 0) is 4.74 Å². The second-order valence-corrected chi connectivity index (χ2v) is 16.9. The lowest BCUT2D eigenvalue weighted by atomic mass is 9.30. The number of fused-ring (bicyclic) bond motifs is 7. The molecule has 9 atom stereocenters. The number of allylic oxidation sites excluding steroid dienone is 2. The average molecular weight is 531 g/mol. The van der Waals surface area contributed by atoms with Crippen LogP contribution in [0.5, 0.6) is 0 Å². The lowest BCUT2D eigenvalue weighted by Gasteiger charge is -2.74. The lowest BCUT2D eigenvalue weighted by molar-refractivity contribution is -0.254. The van der Waals surface area contributed by atoms with Crippen LogP contribution in [-0.4, -0.2) is 5.97 Å². The molecule has 0 N–H and O–H groups in total. The molecule has 1 aromatic carbocycles. The highest BCUT2D eigenvalue weighted by molar-refractivity contribution is 5.90. The minimum atomic E-state index is -0.211. The predicted octanol–water partition coefficient (Wildman–Crippen LogP) is 10.2. The van der Waals surface area contributed by atoms with E-state index in [1.807, 2.05) is 30.3 Å². The van der Waals surface area contributed by atoms with Gasteiger partial charge in [0.15, 0.2) is 0 Å². The minimum Gasteiger partial charge on any atom is -0.428 e. The fourth-order valence-electron chi connectivity index (χ4n) is 11.8. The second-order valence-electron chi connectivity index (χ2n) is 16.9. The van der Waals surface area contributed by atoms with Gasteiger partial charge in [-0.25, -0.2) is 4.79 Å². The normalized spacial score (nSPS) is 48.5. The Morgan fingerprint density at radius 3 is 2.10 bits per heavy atom. The van der Waals surface area contributed by atoms with E-state index in [1.165, 1.54) is 57.8 Å². The van der Waals surface area contributed by atoms with Crippen molar-refractivity contribution in [3.05, 3.63) is 47.7 Å². The summed E-state index contributed by atoms with van der Waals surface area (Å²) >= 11 is 0. The van der Waals surface area contributed by atoms with Crippen molar-refractivity contribution >= 4 is 5.97 Å². The summed E-state index contributed by atoms with van der Waals surface area (Å²) in [5, 5.41) is 0. The van der Waals surface area contributed by atoms with Crippen LogP contribution in [0.3, 0.4) is 0 Å². The number of hydrogen-bond donors (Lipinski definition) is 0. The van der Waals surface area contributed by atoms with E-state index in [1.54, 1.807) is 0 Å². The molecular weight excluding hydrogens is 476 g/mol. The summed E-state index contributed by atoms with van der Waals surface area (Å²) in [5.41, 5.74) is 3.01. The Labute approximate surface area is 238 Å². The molecule has 0 radical (unpaired) electrons. The zero-order valence-corrected chi connectivity index (χ0v) is 26.2. The number of esters is 1. The van der Waals surface area contributed by atoms with Crippen molar-refractivity contribution in [2.75, 3.05) is 0 Å². The van der Waals surface area contributed by atoms with Gasteiger partial charge < -0.3 is 4.74 Å². The molecule has 4 saturated carbocycles. The number of carbonyl (C=O) groups is 1. The quantitative estimate of drug-likeness (QED) is 0.356. The first-order valence-corrected chi connectivity index (χ1v) is 16.2. The van der Waals surface area contributed by atoms with Gasteiger partial charge in [-0.05, 0) is 133 Å². The van der Waals surface area contributed by atoms with Crippen molar-refractivity contribution < 1.29 is 9.53 Å². The Morgan fingerprint density at radius 2 is 1.38 bits per heavy atom. The van der Waals surface area contributed by atoms with Gasteiger partial charge in [0.25, 0.3) is 0 Å². The molecule has 0 bridgehead atoms. The van der Waals surface area contributed by atoms with Crippen molar-refractivity contribution in [2.45, 2.75) is 120 Å². The summed E-state index contributed by atoms with van der Waals surface area (Å²) in [6, 6.07) is 9.48. The predicted molar refractivity (Wildman–Crippen MR) is 160 cm³/mol. The van der Waals surface area contributed by atoms with Crippen LogP contribution in [0.25, 0.3) is 0 Å². The smallest absolute Gasteiger partial charge is 0.343 e. The molecule has 0 amide bonds. The summed E-state index contributed by atoms with van der Waals surface area (Å²) in [6.07, 6.45) is 15.7. The Hall–Kier alpha value is -1.57. The first-order chi connectivity index (χ1) is 18.2. The van der Waals surface area contributed by atoms with E-state index in [2.05, 4.69) is 61.5 Å². The molecule has 0 heterocycles. The maximum atomic E-state index is 13.0. The van der Waals surface area contributed by atoms with Crippen molar-refractivity contribution in [1.29, 1.82) is 0 Å². The summed E-state index contributed by atoms with van der Waals surface area (Å²) in [7, 11) is 0. The molecule has 2 nitrogen and oxygen atoms in total. The fourth-order valence-corrected chi connectivity index (χ4v) is 11.8. The first-order valence-electron chi connectivity index (χ1n) is 16.2. The van der Waals surface area contributed by atoms with E-state index < -0.39 is 0 Å². The van der Waals surface area contributed by atoms with Crippen LogP contribution >= 0.6 is 0 Å². The van der Waals surface area contributed by atoms with Crippen LogP contribution < -0.4 is 0 Å². The summed E-state index contributed by atoms with van der Waals surface area (Å²) in [4.78, 5) is 13.0. The third-order valence-electron chi connectivity index (χ3n) is 14.8. The van der Waals surface area contributed by atoms with E-state index in [9.17, 15) is 4.79 Å². The molecule has 0 spiro atoms. The minimum absolute atomic E-state index is 0.173. The van der Waals surface area contributed by atoms with E-state index in [-0.39, 0.29) is 17.3 Å². The molecule has 5 aliphatic rings. The van der Waals surface area contributed by atoms with Crippen LogP contribution in [0.15, 0.2) is 42.2 Å². The molecule has 0 unspecified atom stereocenters. The Balaban J connectivity index is 1.30. The van der Waals surface area contributed by atoms with Gasteiger partial charge in [0.05, 0.1) is 5.56 Å². The van der Waals surface area contributed by atoms with E-state index in [4.69, 9.17) is 4.74 Å². The summed E-state index contributed by atoms with van der Waals surface area (Å²) in [6.45, 7) is 20.8. The van der Waals surface area contributed by atoms with Crippen LogP contribution in [0.4, 0.5) is 0 Å². The SMILES string of the molecule is C[C@H]1C(OC(=O)c2ccccc2)=CC[C@H]2[C@]1(C)CC[C@@H]1[C@]2(C)CC[C@@]2(C)[C@H]3CC(C)(C)CC[C@]3(C)CC[C@]12C. The number of benzene rings is 1. The molecule has 6 rings (SSSR count). The highest BCUT2D eigenvalue weighted by atomic mass is 16.5. The molecule has 0 aliphatic heterocycles. The first kappa shape index (κ1) is 27.6. The van der Waals surface area contributed by atoms with Gasteiger partial charge in [-0.1, -0.05) is 73.6 Å². The zero-order valence-electron chi connectivity index (χ0n) is 26.2. The highest BCUT2D eigenvalue weighted by Gasteiger charge is 2.70. The lowest BCUT2D eigenvalue weighted by Crippen LogP contribution is -2.67. The zero-order chi connectivity index (χ0) is 28.1. The summed E-state index contributed by atoms with van der Waals surface area (Å²) < 4.78 is 6.11. The van der Waals surface area contributed by atoms with E-state index >= 15 is 0 Å². The number of hydrogen-bond acceptors (Lipinski definition) is 2.